The molecule has 0 radical (unpaired) electrons. The van der Waals surface area contributed by atoms with Crippen molar-refractivity contribution in [1.29, 1.82) is 0 Å². The third kappa shape index (κ3) is 3.47. The molecular weight excluding hydrogens is 266 g/mol. The van der Waals surface area contributed by atoms with Gasteiger partial charge in [0.1, 0.15) is 0 Å². The third-order valence-electron chi connectivity index (χ3n) is 3.44. The van der Waals surface area contributed by atoms with Crippen LogP contribution in [0.3, 0.4) is 0 Å². The molecule has 0 spiro atoms. The lowest BCUT2D eigenvalue weighted by Crippen LogP contribution is -2.28. The zero-order valence-electron chi connectivity index (χ0n) is 10.4. The van der Waals surface area contributed by atoms with Gasteiger partial charge < -0.3 is 15.2 Å². The molecule has 0 saturated heterocycles. The van der Waals surface area contributed by atoms with Crippen LogP contribution in [-0.4, -0.2) is 11.9 Å². The zero-order chi connectivity index (χ0) is 13.8. The Hall–Kier alpha value is -1.55. The Morgan fingerprint density at radius 1 is 1.21 bits per heavy atom. The van der Waals surface area contributed by atoms with Crippen molar-refractivity contribution in [2.75, 3.05) is 5.32 Å². The second-order valence-corrected chi connectivity index (χ2v) is 5.24. The maximum Gasteiger partial charge on any atom is 0.227 e. The predicted molar refractivity (Wildman–Crippen MR) is 71.0 cm³/mol. The van der Waals surface area contributed by atoms with Crippen LogP contribution in [0.5, 0.6) is 0 Å². The number of nitrogens with one attached hydrogen (secondary N) is 1. The first kappa shape index (κ1) is 13.9. The van der Waals surface area contributed by atoms with E-state index in [2.05, 4.69) is 5.32 Å². The van der Waals surface area contributed by atoms with E-state index in [4.69, 9.17) is 11.6 Å². The molecule has 1 aromatic rings. The molecule has 5 heteroatoms. The minimum atomic E-state index is -1.32. The van der Waals surface area contributed by atoms with Gasteiger partial charge in [-0.3, -0.25) is 4.79 Å². The molecule has 2 rings (SSSR count). The van der Waals surface area contributed by atoms with Crippen molar-refractivity contribution < 1.29 is 14.7 Å². The lowest BCUT2D eigenvalue weighted by Gasteiger charge is -2.21. The van der Waals surface area contributed by atoms with Crippen LogP contribution in [0.1, 0.15) is 42.5 Å². The van der Waals surface area contributed by atoms with Gasteiger partial charge in [-0.2, -0.15) is 0 Å². The maximum absolute atomic E-state index is 12.1. The molecule has 0 bridgehead atoms. The summed E-state index contributed by atoms with van der Waals surface area (Å²) in [5, 5.41) is 14.0. The largest absolute Gasteiger partial charge is 0.545 e. The Morgan fingerprint density at radius 2 is 1.89 bits per heavy atom. The molecule has 1 aliphatic rings. The summed E-state index contributed by atoms with van der Waals surface area (Å²) in [5.41, 5.74) is 0.164. The second kappa shape index (κ2) is 6.06. The quantitative estimate of drug-likeness (QED) is 0.923. The number of carboxylic acid groups (broad SMARTS) is 1. The van der Waals surface area contributed by atoms with Crippen molar-refractivity contribution in [2.45, 2.75) is 32.1 Å². The predicted octanol–water partition coefficient (Wildman–Crippen LogP) is 2.22. The second-order valence-electron chi connectivity index (χ2n) is 4.80. The summed E-state index contributed by atoms with van der Waals surface area (Å²) < 4.78 is 0. The van der Waals surface area contributed by atoms with Crippen molar-refractivity contribution in [3.8, 4) is 0 Å². The Labute approximate surface area is 116 Å². The summed E-state index contributed by atoms with van der Waals surface area (Å²) in [6.45, 7) is 0. The number of carbonyl (C=O) groups excluding carboxylic acids is 2. The van der Waals surface area contributed by atoms with Crippen molar-refractivity contribution >= 4 is 29.2 Å². The number of anilines is 1. The van der Waals surface area contributed by atoms with E-state index < -0.39 is 5.97 Å². The number of amides is 1. The SMILES string of the molecule is O=C([O-])c1ccc(Cl)cc1NC(=O)C1CCCCC1. The molecule has 1 aromatic carbocycles. The normalized spacial score (nSPS) is 16.1. The van der Waals surface area contributed by atoms with Crippen LogP contribution in [0.4, 0.5) is 5.69 Å². The van der Waals surface area contributed by atoms with Gasteiger partial charge in [0.25, 0.3) is 0 Å². The highest BCUT2D eigenvalue weighted by Gasteiger charge is 2.21. The van der Waals surface area contributed by atoms with Gasteiger partial charge in [0.05, 0.1) is 11.7 Å². The number of carboxylic acids is 1. The maximum atomic E-state index is 12.1. The third-order valence-corrected chi connectivity index (χ3v) is 3.67. The van der Waals surface area contributed by atoms with Crippen molar-refractivity contribution in [2.24, 2.45) is 5.92 Å². The molecule has 1 saturated carbocycles. The van der Waals surface area contributed by atoms with Crippen LogP contribution >= 0.6 is 11.6 Å². The van der Waals surface area contributed by atoms with E-state index in [-0.39, 0.29) is 23.1 Å². The number of halogens is 1. The van der Waals surface area contributed by atoms with Crippen molar-refractivity contribution in [3.05, 3.63) is 28.8 Å². The lowest BCUT2D eigenvalue weighted by molar-refractivity contribution is -0.254. The van der Waals surface area contributed by atoms with Gasteiger partial charge in [0, 0.05) is 16.5 Å². The van der Waals surface area contributed by atoms with Gasteiger partial charge in [-0.25, -0.2) is 0 Å². The van der Waals surface area contributed by atoms with Crippen LogP contribution < -0.4 is 10.4 Å². The summed E-state index contributed by atoms with van der Waals surface area (Å²) in [4.78, 5) is 23.1. The molecule has 0 aromatic heterocycles. The number of benzene rings is 1. The van der Waals surface area contributed by atoms with E-state index >= 15 is 0 Å². The average molecular weight is 281 g/mol. The van der Waals surface area contributed by atoms with E-state index in [9.17, 15) is 14.7 Å². The summed E-state index contributed by atoms with van der Waals surface area (Å²) in [7, 11) is 0. The Bertz CT molecular complexity index is 495. The van der Waals surface area contributed by atoms with E-state index in [1.54, 1.807) is 0 Å². The van der Waals surface area contributed by atoms with Gasteiger partial charge in [-0.05, 0) is 31.0 Å². The van der Waals surface area contributed by atoms with E-state index in [1.165, 1.54) is 18.2 Å². The van der Waals surface area contributed by atoms with E-state index in [1.807, 2.05) is 0 Å². The summed E-state index contributed by atoms with van der Waals surface area (Å²) in [5.74, 6) is -1.50. The van der Waals surface area contributed by atoms with Gasteiger partial charge in [0.2, 0.25) is 5.91 Å². The topological polar surface area (TPSA) is 69.2 Å². The molecule has 0 heterocycles. The van der Waals surface area contributed by atoms with Crippen LogP contribution in [-0.2, 0) is 4.79 Å². The average Bonchev–Trinajstić information content (AvgIpc) is 2.39. The zero-order valence-corrected chi connectivity index (χ0v) is 11.2. The Balaban J connectivity index is 2.15. The van der Waals surface area contributed by atoms with Gasteiger partial charge >= 0.3 is 0 Å². The molecule has 0 aliphatic heterocycles. The number of rotatable bonds is 3. The first-order chi connectivity index (χ1) is 9.08. The van der Waals surface area contributed by atoms with Crippen molar-refractivity contribution in [3.63, 3.8) is 0 Å². The molecule has 4 nitrogen and oxygen atoms in total. The molecule has 1 amide bonds. The molecule has 1 aliphatic carbocycles. The minimum absolute atomic E-state index is 0.0395. The molecular formula is C14H15ClNO3-. The van der Waals surface area contributed by atoms with Gasteiger partial charge in [-0.1, -0.05) is 30.9 Å². The van der Waals surface area contributed by atoms with Crippen LogP contribution in [0, 0.1) is 5.92 Å². The molecule has 1 N–H and O–H groups in total. The van der Waals surface area contributed by atoms with Crippen LogP contribution in [0.25, 0.3) is 0 Å². The fraction of sp³-hybridized carbons (Fsp3) is 0.429. The van der Waals surface area contributed by atoms with Crippen LogP contribution in [0.2, 0.25) is 5.02 Å². The number of aromatic carboxylic acids is 1. The van der Waals surface area contributed by atoms with Crippen molar-refractivity contribution in [1.82, 2.24) is 0 Å². The summed E-state index contributed by atoms with van der Waals surface area (Å²) in [6.07, 6.45) is 4.95. The highest BCUT2D eigenvalue weighted by Crippen LogP contribution is 2.26. The fourth-order valence-corrected chi connectivity index (χ4v) is 2.57. The first-order valence-electron chi connectivity index (χ1n) is 6.39. The number of hydrogen-bond donors (Lipinski definition) is 1. The molecule has 0 unspecified atom stereocenters. The Morgan fingerprint density at radius 3 is 2.53 bits per heavy atom. The first-order valence-corrected chi connectivity index (χ1v) is 6.77. The van der Waals surface area contributed by atoms with E-state index in [0.29, 0.717) is 5.02 Å². The summed E-state index contributed by atoms with van der Waals surface area (Å²) >= 11 is 5.83. The van der Waals surface area contributed by atoms with Crippen LogP contribution in [0.15, 0.2) is 18.2 Å². The fourth-order valence-electron chi connectivity index (χ4n) is 2.40. The minimum Gasteiger partial charge on any atom is -0.545 e. The lowest BCUT2D eigenvalue weighted by atomic mass is 9.88. The molecule has 1 fully saturated rings. The van der Waals surface area contributed by atoms with E-state index in [0.717, 1.165) is 32.1 Å². The Kier molecular flexibility index (Phi) is 4.43. The molecule has 102 valence electrons. The monoisotopic (exact) mass is 280 g/mol. The number of hydrogen-bond acceptors (Lipinski definition) is 3. The van der Waals surface area contributed by atoms with Gasteiger partial charge in [0.15, 0.2) is 0 Å². The summed E-state index contributed by atoms with van der Waals surface area (Å²) in [6, 6.07) is 4.24. The molecule has 0 atom stereocenters. The standard InChI is InChI=1S/C14H16ClNO3/c15-10-6-7-11(14(18)19)12(8-10)16-13(17)9-4-2-1-3-5-9/h6-9H,1-5H2,(H,16,17)(H,18,19)/p-1. The molecule has 19 heavy (non-hydrogen) atoms. The smallest absolute Gasteiger partial charge is 0.227 e. The number of carbonyl (C=O) groups is 2. The van der Waals surface area contributed by atoms with Gasteiger partial charge in [-0.15, -0.1) is 0 Å². The highest BCUT2D eigenvalue weighted by molar-refractivity contribution is 6.31. The highest BCUT2D eigenvalue weighted by atomic mass is 35.5.